The van der Waals surface area contributed by atoms with Crippen LogP contribution in [-0.4, -0.2) is 40.6 Å². The first-order valence-electron chi connectivity index (χ1n) is 8.17. The van der Waals surface area contributed by atoms with E-state index in [1.807, 2.05) is 20.8 Å². The first-order valence-corrected chi connectivity index (χ1v) is 8.17. The van der Waals surface area contributed by atoms with E-state index in [0.717, 1.165) is 5.56 Å². The highest BCUT2D eigenvalue weighted by Crippen LogP contribution is 2.20. The van der Waals surface area contributed by atoms with Gasteiger partial charge in [-0.05, 0) is 51.3 Å². The van der Waals surface area contributed by atoms with Crippen molar-refractivity contribution < 1.29 is 13.9 Å². The van der Waals surface area contributed by atoms with Gasteiger partial charge in [0.15, 0.2) is 6.19 Å². The van der Waals surface area contributed by atoms with Gasteiger partial charge in [0.2, 0.25) is 0 Å². The van der Waals surface area contributed by atoms with Crippen molar-refractivity contribution in [1.29, 1.82) is 5.26 Å². The quantitative estimate of drug-likeness (QED) is 0.627. The zero-order chi connectivity index (χ0) is 17.7. The van der Waals surface area contributed by atoms with Crippen LogP contribution in [0.15, 0.2) is 24.3 Å². The molecule has 24 heavy (non-hydrogen) atoms. The van der Waals surface area contributed by atoms with Crippen LogP contribution >= 0.6 is 0 Å². The number of benzene rings is 1. The van der Waals surface area contributed by atoms with Gasteiger partial charge in [0.05, 0.1) is 6.54 Å². The molecule has 0 aromatic heterocycles. The van der Waals surface area contributed by atoms with Crippen LogP contribution in [0.5, 0.6) is 0 Å². The lowest BCUT2D eigenvalue weighted by molar-refractivity contribution is 0.0166. The molecule has 1 aliphatic heterocycles. The maximum atomic E-state index is 13.0. The first-order chi connectivity index (χ1) is 11.3. The molecule has 0 spiro atoms. The Hall–Kier alpha value is -2.29. The molecule has 0 saturated carbocycles. The molecule has 1 amide bonds. The van der Waals surface area contributed by atoms with E-state index in [1.54, 1.807) is 21.9 Å². The second-order valence-electron chi connectivity index (χ2n) is 7.05. The number of hydrogen-bond acceptors (Lipinski definition) is 4. The molecular formula is C18H24FN3O2. The molecule has 0 radical (unpaired) electrons. The molecule has 0 aliphatic carbocycles. The molecule has 1 saturated heterocycles. The highest BCUT2D eigenvalue weighted by atomic mass is 19.1. The normalized spacial score (nSPS) is 15.7. The second kappa shape index (κ2) is 7.52. The van der Waals surface area contributed by atoms with Crippen molar-refractivity contribution in [2.45, 2.75) is 51.8 Å². The number of carbonyl (C=O) groups excluding carboxylic acids is 1. The van der Waals surface area contributed by atoms with E-state index in [9.17, 15) is 14.4 Å². The van der Waals surface area contributed by atoms with Crippen molar-refractivity contribution in [3.05, 3.63) is 35.6 Å². The summed E-state index contributed by atoms with van der Waals surface area (Å²) in [6.45, 7) is 7.13. The molecule has 0 N–H and O–H groups in total. The number of hydrogen-bond donors (Lipinski definition) is 0. The summed E-state index contributed by atoms with van der Waals surface area (Å²) in [4.78, 5) is 15.5. The van der Waals surface area contributed by atoms with E-state index in [-0.39, 0.29) is 18.0 Å². The van der Waals surface area contributed by atoms with Crippen LogP contribution in [-0.2, 0) is 11.3 Å². The number of nitrogens with zero attached hydrogens (tertiary/aromatic N) is 3. The van der Waals surface area contributed by atoms with Gasteiger partial charge in [0.1, 0.15) is 11.4 Å². The Morgan fingerprint density at radius 3 is 2.42 bits per heavy atom. The largest absolute Gasteiger partial charge is 0.444 e. The predicted octanol–water partition coefficient (Wildman–Crippen LogP) is 3.51. The Labute approximate surface area is 142 Å². The van der Waals surface area contributed by atoms with Crippen LogP contribution in [0.1, 0.15) is 39.2 Å². The first kappa shape index (κ1) is 18.1. The fourth-order valence-electron chi connectivity index (χ4n) is 2.72. The molecule has 6 heteroatoms. The van der Waals surface area contributed by atoms with Crippen molar-refractivity contribution in [2.75, 3.05) is 13.1 Å². The second-order valence-corrected chi connectivity index (χ2v) is 7.05. The van der Waals surface area contributed by atoms with E-state index in [1.165, 1.54) is 12.1 Å². The minimum atomic E-state index is -0.505. The summed E-state index contributed by atoms with van der Waals surface area (Å²) in [6, 6.07) is 6.26. The topological polar surface area (TPSA) is 56.6 Å². The van der Waals surface area contributed by atoms with Crippen molar-refractivity contribution in [1.82, 2.24) is 9.80 Å². The molecule has 0 unspecified atom stereocenters. The fourth-order valence-corrected chi connectivity index (χ4v) is 2.72. The lowest BCUT2D eigenvalue weighted by atomic mass is 10.0. The molecule has 130 valence electrons. The van der Waals surface area contributed by atoms with Gasteiger partial charge >= 0.3 is 6.09 Å². The van der Waals surface area contributed by atoms with Gasteiger partial charge in [-0.2, -0.15) is 5.26 Å². The van der Waals surface area contributed by atoms with E-state index in [0.29, 0.717) is 32.5 Å². The SMILES string of the molecule is CC(C)(C)OC(=O)N1CCC(N(C#N)Cc2ccc(F)cc2)CC1. The smallest absolute Gasteiger partial charge is 0.410 e. The van der Waals surface area contributed by atoms with Gasteiger partial charge in [-0.25, -0.2) is 9.18 Å². The molecule has 1 fully saturated rings. The zero-order valence-corrected chi connectivity index (χ0v) is 14.5. The number of halogens is 1. The van der Waals surface area contributed by atoms with Gasteiger partial charge in [-0.15, -0.1) is 0 Å². The lowest BCUT2D eigenvalue weighted by Gasteiger charge is -2.36. The number of piperidine rings is 1. The molecule has 1 aromatic carbocycles. The Morgan fingerprint density at radius 1 is 1.33 bits per heavy atom. The predicted molar refractivity (Wildman–Crippen MR) is 88.4 cm³/mol. The number of ether oxygens (including phenoxy) is 1. The van der Waals surface area contributed by atoms with Crippen LogP contribution in [0.3, 0.4) is 0 Å². The summed E-state index contributed by atoms with van der Waals surface area (Å²) in [6.07, 6.45) is 3.35. The number of nitriles is 1. The van der Waals surface area contributed by atoms with Gasteiger partial charge in [0, 0.05) is 19.1 Å². The van der Waals surface area contributed by atoms with Gasteiger partial charge in [-0.1, -0.05) is 12.1 Å². The van der Waals surface area contributed by atoms with Crippen LogP contribution in [0, 0.1) is 17.3 Å². The van der Waals surface area contributed by atoms with E-state index in [2.05, 4.69) is 6.19 Å². The fraction of sp³-hybridized carbons (Fsp3) is 0.556. The number of carbonyl (C=O) groups is 1. The maximum Gasteiger partial charge on any atom is 0.410 e. The summed E-state index contributed by atoms with van der Waals surface area (Å²) < 4.78 is 18.3. The van der Waals surface area contributed by atoms with Gasteiger partial charge in [-0.3, -0.25) is 0 Å². The highest BCUT2D eigenvalue weighted by molar-refractivity contribution is 5.68. The highest BCUT2D eigenvalue weighted by Gasteiger charge is 2.29. The Balaban J connectivity index is 1.89. The molecule has 1 heterocycles. The van der Waals surface area contributed by atoms with Crippen molar-refractivity contribution >= 4 is 6.09 Å². The van der Waals surface area contributed by atoms with Crippen molar-refractivity contribution in [3.63, 3.8) is 0 Å². The van der Waals surface area contributed by atoms with Crippen LogP contribution < -0.4 is 0 Å². The van der Waals surface area contributed by atoms with Gasteiger partial charge in [0.25, 0.3) is 0 Å². The average Bonchev–Trinajstić information content (AvgIpc) is 2.53. The third-order valence-corrected chi connectivity index (χ3v) is 3.95. The number of likely N-dealkylation sites (tertiary alicyclic amines) is 1. The average molecular weight is 333 g/mol. The summed E-state index contributed by atoms with van der Waals surface area (Å²) in [7, 11) is 0. The standard InChI is InChI=1S/C18H24FN3O2/c1-18(2,3)24-17(23)21-10-8-16(9-11-21)22(13-20)12-14-4-6-15(19)7-5-14/h4-7,16H,8-12H2,1-3H3. The molecule has 1 aliphatic rings. The van der Waals surface area contributed by atoms with E-state index in [4.69, 9.17) is 4.74 Å². The van der Waals surface area contributed by atoms with E-state index >= 15 is 0 Å². The molecule has 0 bridgehead atoms. The zero-order valence-electron chi connectivity index (χ0n) is 14.5. The monoisotopic (exact) mass is 333 g/mol. The van der Waals surface area contributed by atoms with Crippen molar-refractivity contribution in [2.24, 2.45) is 0 Å². The van der Waals surface area contributed by atoms with Gasteiger partial charge < -0.3 is 14.5 Å². The third-order valence-electron chi connectivity index (χ3n) is 3.95. The maximum absolute atomic E-state index is 13.0. The van der Waals surface area contributed by atoms with E-state index < -0.39 is 5.60 Å². The number of amides is 1. The third kappa shape index (κ3) is 5.12. The molecule has 2 rings (SSSR count). The molecule has 5 nitrogen and oxygen atoms in total. The lowest BCUT2D eigenvalue weighted by Crippen LogP contribution is -2.46. The summed E-state index contributed by atoms with van der Waals surface area (Å²) >= 11 is 0. The number of rotatable bonds is 3. The summed E-state index contributed by atoms with van der Waals surface area (Å²) in [5.41, 5.74) is 0.391. The summed E-state index contributed by atoms with van der Waals surface area (Å²) in [5.74, 6) is -0.284. The minimum absolute atomic E-state index is 0.0822. The Kier molecular flexibility index (Phi) is 5.66. The van der Waals surface area contributed by atoms with Crippen LogP contribution in [0.2, 0.25) is 0 Å². The molecule has 1 aromatic rings. The Bertz CT molecular complexity index is 596. The van der Waals surface area contributed by atoms with Crippen LogP contribution in [0.4, 0.5) is 9.18 Å². The van der Waals surface area contributed by atoms with Crippen LogP contribution in [0.25, 0.3) is 0 Å². The molecular weight excluding hydrogens is 309 g/mol. The van der Waals surface area contributed by atoms with Crippen molar-refractivity contribution in [3.8, 4) is 6.19 Å². The summed E-state index contributed by atoms with van der Waals surface area (Å²) in [5, 5.41) is 9.42. The molecule has 0 atom stereocenters. The Morgan fingerprint density at radius 2 is 1.92 bits per heavy atom. The minimum Gasteiger partial charge on any atom is -0.444 e.